The van der Waals surface area contributed by atoms with Gasteiger partial charge in [0.25, 0.3) is 0 Å². The molecule has 0 aliphatic carbocycles. The Labute approximate surface area is 42.2 Å². The van der Waals surface area contributed by atoms with Gasteiger partial charge in [-0.05, 0) is 0 Å². The van der Waals surface area contributed by atoms with Gasteiger partial charge in [0.2, 0.25) is 0 Å². The fourth-order valence-corrected chi connectivity index (χ4v) is 0. The maximum absolute atomic E-state index is 8.44. The van der Waals surface area contributed by atoms with Crippen molar-refractivity contribution in [2.45, 2.75) is 0 Å². The molecule has 0 aliphatic rings. The minimum absolute atomic E-state index is 2.83. The molecule has 0 saturated carbocycles. The second-order valence-corrected chi connectivity index (χ2v) is 0.612. The number of hydrogen-bond acceptors (Lipinski definition) is 5. The van der Waals surface area contributed by atoms with Crippen molar-refractivity contribution in [3.05, 3.63) is 0 Å². The predicted octanol–water partition coefficient (Wildman–Crippen LogP) is -1.13. The van der Waals surface area contributed by atoms with Crippen LogP contribution in [-0.2, 0) is 28.1 Å². The highest BCUT2D eigenvalue weighted by Crippen LogP contribution is 1.42. The van der Waals surface area contributed by atoms with Crippen LogP contribution in [0.15, 0.2) is 0 Å². The molecule has 0 aromatic carbocycles. The largest absolute Gasteiger partial charge is 1.57 e. The van der Waals surface area contributed by atoms with Gasteiger partial charge in [-0.3, -0.25) is 4.21 Å². The van der Waals surface area contributed by atoms with Gasteiger partial charge >= 0.3 is 16.7 Å². The first-order valence-corrected chi connectivity index (χ1v) is 2.00. The smallest absolute Gasteiger partial charge is 0.784 e. The standard InChI is InChI=1S/H2O3S.OS/c1-4(2)3;1-2/h(H2,1,2,3);/q;+2/p-2. The fraction of sp³-hybridized carbons (Fsp3) is 0. The quantitative estimate of drug-likeness (QED) is 0.386. The molecule has 0 aromatic heterocycles. The van der Waals surface area contributed by atoms with Gasteiger partial charge in [-0.2, -0.15) is 0 Å². The van der Waals surface area contributed by atoms with Crippen LogP contribution < -0.4 is 0 Å². The van der Waals surface area contributed by atoms with E-state index >= 15 is 0 Å². The predicted molar refractivity (Wildman–Crippen MR) is 17.7 cm³/mol. The van der Waals surface area contributed by atoms with E-state index in [1.807, 2.05) is 0 Å². The molecule has 0 aromatic rings. The van der Waals surface area contributed by atoms with Gasteiger partial charge in [0.1, 0.15) is 0 Å². The lowest BCUT2D eigenvalue weighted by Crippen LogP contribution is -1.76. The van der Waals surface area contributed by atoms with E-state index in [1.165, 1.54) is 0 Å². The van der Waals surface area contributed by atoms with Crippen LogP contribution >= 0.6 is 0 Å². The van der Waals surface area contributed by atoms with Crippen LogP contribution in [0.5, 0.6) is 0 Å². The Morgan fingerprint density at radius 2 is 1.33 bits per heavy atom. The van der Waals surface area contributed by atoms with Crippen LogP contribution in [0, 0.1) is 0 Å². The zero-order chi connectivity index (χ0) is 5.58. The molecule has 0 aliphatic heterocycles. The van der Waals surface area contributed by atoms with E-state index in [1.54, 1.807) is 0 Å². The average molecular weight is 128 g/mol. The second kappa shape index (κ2) is 8.92. The Bertz CT molecular complexity index is 36.8. The van der Waals surface area contributed by atoms with Crippen molar-refractivity contribution in [1.82, 2.24) is 0 Å². The molecule has 0 fully saturated rings. The summed E-state index contributed by atoms with van der Waals surface area (Å²) < 4.78 is 33.2. The molecule has 36 valence electrons. The summed E-state index contributed by atoms with van der Waals surface area (Å²) in [6.07, 6.45) is 0. The summed E-state index contributed by atoms with van der Waals surface area (Å²) in [5.74, 6) is 0. The highest BCUT2D eigenvalue weighted by molar-refractivity contribution is 7.72. The Morgan fingerprint density at radius 1 is 1.33 bits per heavy atom. The van der Waals surface area contributed by atoms with Gasteiger partial charge in [-0.15, -0.1) is 11.4 Å². The van der Waals surface area contributed by atoms with E-state index in [0.29, 0.717) is 0 Å². The zero-order valence-electron chi connectivity index (χ0n) is 2.45. The first kappa shape index (κ1) is 9.43. The van der Waals surface area contributed by atoms with Crippen molar-refractivity contribution in [1.29, 1.82) is 0 Å². The van der Waals surface area contributed by atoms with Gasteiger partial charge in [0.05, 0.1) is 0 Å². The molecule has 0 amide bonds. The molecule has 0 rings (SSSR count). The van der Waals surface area contributed by atoms with Crippen LogP contribution in [0.4, 0.5) is 0 Å². The van der Waals surface area contributed by atoms with Gasteiger partial charge in [0.15, 0.2) is 0 Å². The minimum Gasteiger partial charge on any atom is -0.784 e. The summed E-state index contributed by atoms with van der Waals surface area (Å²) in [6, 6.07) is 0. The fourth-order valence-electron chi connectivity index (χ4n) is 0. The van der Waals surface area contributed by atoms with E-state index in [0.717, 1.165) is 0 Å². The Kier molecular flexibility index (Phi) is 14.0. The lowest BCUT2D eigenvalue weighted by Gasteiger charge is -2.03. The van der Waals surface area contributed by atoms with Gasteiger partial charge in [-0.25, -0.2) is 0 Å². The van der Waals surface area contributed by atoms with Gasteiger partial charge in [0, 0.05) is 0 Å². The highest BCUT2D eigenvalue weighted by Gasteiger charge is 1.91. The molecular formula is O4S2. The van der Waals surface area contributed by atoms with Crippen LogP contribution in [0.2, 0.25) is 0 Å². The van der Waals surface area contributed by atoms with E-state index < -0.39 is 11.4 Å². The van der Waals surface area contributed by atoms with E-state index in [9.17, 15) is 0 Å². The highest BCUT2D eigenvalue weighted by atomic mass is 32.2. The van der Waals surface area contributed by atoms with Crippen molar-refractivity contribution in [3.63, 3.8) is 0 Å². The maximum Gasteiger partial charge on any atom is 1.57 e. The Morgan fingerprint density at radius 3 is 1.33 bits per heavy atom. The van der Waals surface area contributed by atoms with Gasteiger partial charge in [-0.1, -0.05) is 0 Å². The second-order valence-electron chi connectivity index (χ2n) is 0.204. The summed E-state index contributed by atoms with van der Waals surface area (Å²) in [7, 11) is 0. The summed E-state index contributed by atoms with van der Waals surface area (Å²) in [6.45, 7) is 0. The van der Waals surface area contributed by atoms with Gasteiger partial charge < -0.3 is 9.11 Å². The van der Waals surface area contributed by atoms with E-state index in [-0.39, 0.29) is 0 Å². The van der Waals surface area contributed by atoms with Crippen molar-refractivity contribution >= 4 is 23.9 Å². The first-order valence-electron chi connectivity index (χ1n) is 0.667. The molecule has 4 nitrogen and oxygen atoms in total. The molecular weight excluding hydrogens is 128 g/mol. The molecule has 0 atom stereocenters. The third-order valence-corrected chi connectivity index (χ3v) is 0. The SMILES string of the molecule is O=S([O-])[O-].O=[S+2]. The molecule has 6 heteroatoms. The van der Waals surface area contributed by atoms with Crippen LogP contribution in [0.25, 0.3) is 0 Å². The monoisotopic (exact) mass is 128 g/mol. The average Bonchev–Trinajstić information content (AvgIpc) is 1.41. The number of rotatable bonds is 0. The lowest BCUT2D eigenvalue weighted by atomic mass is 15.8. The van der Waals surface area contributed by atoms with Crippen LogP contribution in [0.3, 0.4) is 0 Å². The van der Waals surface area contributed by atoms with Crippen molar-refractivity contribution in [3.8, 4) is 0 Å². The van der Waals surface area contributed by atoms with Crippen LogP contribution in [-0.4, -0.2) is 13.3 Å². The summed E-state index contributed by atoms with van der Waals surface area (Å²) in [5, 5.41) is 0. The minimum atomic E-state index is -3.11. The topological polar surface area (TPSA) is 80.3 Å². The maximum atomic E-state index is 8.44. The molecule has 0 saturated heterocycles. The third-order valence-electron chi connectivity index (χ3n) is 0. The first-order chi connectivity index (χ1) is 2.73. The Hall–Kier alpha value is 0.0900. The van der Waals surface area contributed by atoms with Crippen LogP contribution in [0.1, 0.15) is 0 Å². The van der Waals surface area contributed by atoms with Crippen molar-refractivity contribution in [2.75, 3.05) is 0 Å². The molecule has 6 heavy (non-hydrogen) atoms. The molecule has 0 N–H and O–H groups in total. The molecule has 0 heterocycles. The van der Waals surface area contributed by atoms with Crippen molar-refractivity contribution in [2.24, 2.45) is 0 Å². The summed E-state index contributed by atoms with van der Waals surface area (Å²) in [5.41, 5.74) is 0. The molecule has 0 bridgehead atoms. The van der Waals surface area contributed by atoms with Crippen molar-refractivity contribution < 1.29 is 17.5 Å². The zero-order valence-corrected chi connectivity index (χ0v) is 4.08. The van der Waals surface area contributed by atoms with E-state index in [2.05, 4.69) is 12.5 Å². The van der Waals surface area contributed by atoms with E-state index in [4.69, 9.17) is 17.5 Å². The summed E-state index contributed by atoms with van der Waals surface area (Å²) in [4.78, 5) is 0. The lowest BCUT2D eigenvalue weighted by molar-refractivity contribution is 0.419. The third kappa shape index (κ3) is 4820. The molecule has 2 radical (unpaired) electrons. The summed E-state index contributed by atoms with van der Waals surface area (Å²) >= 11 is -0.278. The molecule has 0 unspecified atom stereocenters. The molecule has 0 spiro atoms. The Balaban J connectivity index is 0. The number of hydrogen-bond donors (Lipinski definition) is 0. The normalized spacial score (nSPS) is 6.50.